The van der Waals surface area contributed by atoms with E-state index < -0.39 is 17.8 Å². The minimum Gasteiger partial charge on any atom is -0.324 e. The van der Waals surface area contributed by atoms with Gasteiger partial charge in [-0.25, -0.2) is 13.5 Å². The van der Waals surface area contributed by atoms with Gasteiger partial charge in [-0.15, -0.1) is 0 Å². The van der Waals surface area contributed by atoms with Crippen LogP contribution < -0.4 is 10.6 Å². The van der Waals surface area contributed by atoms with E-state index in [9.17, 15) is 18.4 Å². The van der Waals surface area contributed by atoms with E-state index in [0.717, 1.165) is 6.07 Å². The topological polar surface area (TPSA) is 76.0 Å². The summed E-state index contributed by atoms with van der Waals surface area (Å²) in [5, 5.41) is 9.42. The summed E-state index contributed by atoms with van der Waals surface area (Å²) in [5.74, 6) is -1.49. The molecule has 142 valence electrons. The number of nitrogens with one attached hydrogen (secondary N) is 2. The first kappa shape index (κ1) is 18.1. The molecule has 0 bridgehead atoms. The minimum absolute atomic E-state index is 0.113. The normalized spacial score (nSPS) is 15.7. The van der Waals surface area contributed by atoms with Crippen LogP contribution in [-0.2, 0) is 9.59 Å². The third-order valence-corrected chi connectivity index (χ3v) is 4.66. The Labute approximate surface area is 163 Å². The molecule has 2 heterocycles. The number of hydrogen-bond acceptors (Lipinski definition) is 3. The van der Waals surface area contributed by atoms with E-state index in [-0.39, 0.29) is 23.2 Å². The van der Waals surface area contributed by atoms with Gasteiger partial charge in [0.2, 0.25) is 11.8 Å². The number of carbonyl (C=O) groups excluding carboxylic acids is 2. The molecule has 2 amide bonds. The first-order chi connectivity index (χ1) is 13.4. The molecule has 0 spiro atoms. The van der Waals surface area contributed by atoms with Crippen molar-refractivity contribution in [2.75, 3.05) is 10.6 Å². The number of rotatable bonds is 3. The quantitative estimate of drug-likeness (QED) is 0.695. The molecule has 4 rings (SSSR count). The zero-order valence-corrected chi connectivity index (χ0v) is 15.0. The largest absolute Gasteiger partial charge is 0.324 e. The molecule has 28 heavy (non-hydrogen) atoms. The highest BCUT2D eigenvalue weighted by Gasteiger charge is 2.33. The van der Waals surface area contributed by atoms with Crippen molar-refractivity contribution in [2.45, 2.75) is 12.5 Å². The summed E-state index contributed by atoms with van der Waals surface area (Å²) in [4.78, 5) is 24.9. The van der Waals surface area contributed by atoms with Gasteiger partial charge in [0.1, 0.15) is 23.5 Å². The molecule has 0 saturated carbocycles. The van der Waals surface area contributed by atoms with E-state index in [0.29, 0.717) is 22.6 Å². The van der Waals surface area contributed by atoms with E-state index in [1.807, 2.05) is 0 Å². The van der Waals surface area contributed by atoms with Gasteiger partial charge in [-0.2, -0.15) is 5.10 Å². The lowest BCUT2D eigenvalue weighted by Crippen LogP contribution is -2.35. The monoisotopic (exact) mass is 402 g/mol. The van der Waals surface area contributed by atoms with Crippen LogP contribution in [0.25, 0.3) is 11.1 Å². The molecule has 3 aromatic rings. The van der Waals surface area contributed by atoms with Crippen LogP contribution in [0.1, 0.15) is 12.5 Å². The van der Waals surface area contributed by atoms with Crippen molar-refractivity contribution in [2.24, 2.45) is 0 Å². The van der Waals surface area contributed by atoms with E-state index in [2.05, 4.69) is 15.7 Å². The second kappa shape index (κ2) is 7.05. The molecule has 1 aliphatic heterocycles. The molecule has 1 aromatic heterocycles. The highest BCUT2D eigenvalue weighted by atomic mass is 35.5. The van der Waals surface area contributed by atoms with E-state index in [1.165, 1.54) is 35.1 Å². The molecule has 0 saturated heterocycles. The van der Waals surface area contributed by atoms with Gasteiger partial charge in [0, 0.05) is 11.3 Å². The molecule has 1 atom stereocenters. The van der Waals surface area contributed by atoms with Gasteiger partial charge >= 0.3 is 0 Å². The lowest BCUT2D eigenvalue weighted by molar-refractivity contribution is -0.125. The summed E-state index contributed by atoms with van der Waals surface area (Å²) in [7, 11) is 0. The summed E-state index contributed by atoms with van der Waals surface area (Å²) in [6.45, 7) is 0. The minimum atomic E-state index is -0.901. The summed E-state index contributed by atoms with van der Waals surface area (Å²) < 4.78 is 27.9. The van der Waals surface area contributed by atoms with Gasteiger partial charge in [0.15, 0.2) is 0 Å². The fourth-order valence-electron chi connectivity index (χ4n) is 3.01. The molecular weight excluding hydrogens is 390 g/mol. The number of hydrogen-bond donors (Lipinski definition) is 2. The third-order valence-electron chi connectivity index (χ3n) is 4.37. The van der Waals surface area contributed by atoms with Gasteiger partial charge < -0.3 is 10.6 Å². The second-order valence-electron chi connectivity index (χ2n) is 6.24. The predicted molar refractivity (Wildman–Crippen MR) is 99.9 cm³/mol. The second-order valence-corrected chi connectivity index (χ2v) is 6.65. The molecule has 6 nitrogen and oxygen atoms in total. The maximum absolute atomic E-state index is 13.3. The maximum atomic E-state index is 13.3. The van der Waals surface area contributed by atoms with E-state index in [1.54, 1.807) is 12.1 Å². The predicted octanol–water partition coefficient (Wildman–Crippen LogP) is 4.00. The Morgan fingerprint density at radius 3 is 2.68 bits per heavy atom. The molecule has 0 unspecified atom stereocenters. The van der Waals surface area contributed by atoms with Crippen LogP contribution in [0, 0.1) is 11.6 Å². The van der Waals surface area contributed by atoms with Gasteiger partial charge in [-0.1, -0.05) is 23.7 Å². The lowest BCUT2D eigenvalue weighted by Gasteiger charge is -2.24. The average Bonchev–Trinajstić information content (AvgIpc) is 3.08. The van der Waals surface area contributed by atoms with Crippen LogP contribution in [-0.4, -0.2) is 21.6 Å². The van der Waals surface area contributed by atoms with Crippen LogP contribution in [0.5, 0.6) is 0 Å². The SMILES string of the molecule is O=C1C[C@H](C(=O)Nc2ccc(F)c(Cl)c2)n2ncc(-c3ccc(F)cc3)c2N1. The number of aromatic nitrogens is 2. The summed E-state index contributed by atoms with van der Waals surface area (Å²) in [6.07, 6.45) is 1.39. The number of amides is 2. The number of halogens is 3. The lowest BCUT2D eigenvalue weighted by atomic mass is 10.1. The van der Waals surface area contributed by atoms with Gasteiger partial charge in [0.05, 0.1) is 17.6 Å². The smallest absolute Gasteiger partial charge is 0.249 e. The summed E-state index contributed by atoms with van der Waals surface area (Å²) >= 11 is 5.73. The number of fused-ring (bicyclic) bond motifs is 1. The molecule has 1 aliphatic rings. The van der Waals surface area contributed by atoms with Crippen LogP contribution in [0.15, 0.2) is 48.7 Å². The van der Waals surface area contributed by atoms with Crippen LogP contribution in [0.4, 0.5) is 20.3 Å². The van der Waals surface area contributed by atoms with E-state index in [4.69, 9.17) is 11.6 Å². The van der Waals surface area contributed by atoms with Crippen molar-refractivity contribution < 1.29 is 18.4 Å². The van der Waals surface area contributed by atoms with Crippen molar-refractivity contribution in [3.8, 4) is 11.1 Å². The Morgan fingerprint density at radius 1 is 1.21 bits per heavy atom. The van der Waals surface area contributed by atoms with Crippen LogP contribution in [0.3, 0.4) is 0 Å². The molecule has 9 heteroatoms. The molecule has 2 aromatic carbocycles. The van der Waals surface area contributed by atoms with Crippen LogP contribution in [0.2, 0.25) is 5.02 Å². The average molecular weight is 403 g/mol. The van der Waals surface area contributed by atoms with Crippen molar-refractivity contribution in [3.63, 3.8) is 0 Å². The molecule has 2 N–H and O–H groups in total. The third kappa shape index (κ3) is 3.34. The molecular formula is C19H13ClF2N4O2. The van der Waals surface area contributed by atoms with Gasteiger partial charge in [-0.05, 0) is 35.9 Å². The highest BCUT2D eigenvalue weighted by Crippen LogP contribution is 2.34. The van der Waals surface area contributed by atoms with Gasteiger partial charge in [0.25, 0.3) is 0 Å². The van der Waals surface area contributed by atoms with Crippen molar-refractivity contribution in [1.29, 1.82) is 0 Å². The Hall–Kier alpha value is -3.26. The number of benzene rings is 2. The fraction of sp³-hybridized carbons (Fsp3) is 0.105. The Morgan fingerprint density at radius 2 is 1.96 bits per heavy atom. The van der Waals surface area contributed by atoms with Crippen molar-refractivity contribution >= 4 is 34.9 Å². The Balaban J connectivity index is 1.65. The zero-order valence-electron chi connectivity index (χ0n) is 14.2. The van der Waals surface area contributed by atoms with E-state index >= 15 is 0 Å². The first-order valence-corrected chi connectivity index (χ1v) is 8.69. The molecule has 0 radical (unpaired) electrons. The fourth-order valence-corrected chi connectivity index (χ4v) is 3.19. The standard InChI is InChI=1S/C19H13ClF2N4O2/c20-14-7-12(5-6-15(14)22)24-19(28)16-8-17(27)25-18-13(9-23-26(16)18)10-1-3-11(21)4-2-10/h1-7,9,16H,8H2,(H,24,28)(H,25,27)/t16-/m1/s1. The number of nitrogens with zero attached hydrogens (tertiary/aromatic N) is 2. The Kier molecular flexibility index (Phi) is 4.56. The first-order valence-electron chi connectivity index (χ1n) is 8.31. The Bertz CT molecular complexity index is 1080. The summed E-state index contributed by atoms with van der Waals surface area (Å²) in [6, 6.07) is 8.60. The highest BCUT2D eigenvalue weighted by molar-refractivity contribution is 6.31. The van der Waals surface area contributed by atoms with Crippen LogP contribution >= 0.6 is 11.6 Å². The number of anilines is 2. The maximum Gasteiger partial charge on any atom is 0.249 e. The van der Waals surface area contributed by atoms with Gasteiger partial charge in [-0.3, -0.25) is 9.59 Å². The zero-order chi connectivity index (χ0) is 19.8. The molecule has 0 fully saturated rings. The van der Waals surface area contributed by atoms with Crippen molar-refractivity contribution in [1.82, 2.24) is 9.78 Å². The van der Waals surface area contributed by atoms with Crippen molar-refractivity contribution in [3.05, 3.63) is 65.3 Å². The molecule has 0 aliphatic carbocycles. The number of carbonyl (C=O) groups is 2. The summed E-state index contributed by atoms with van der Waals surface area (Å²) in [5.41, 5.74) is 1.51.